The van der Waals surface area contributed by atoms with Gasteiger partial charge in [-0.05, 0) is 12.1 Å². The molecule has 0 saturated carbocycles. The molecule has 0 heterocycles. The summed E-state index contributed by atoms with van der Waals surface area (Å²) in [5.41, 5.74) is 1.90. The van der Waals surface area contributed by atoms with Crippen molar-refractivity contribution in [2.75, 3.05) is 25.6 Å². The monoisotopic (exact) mass is 262 g/mol. The Kier molecular flexibility index (Phi) is 5.40. The maximum atomic E-state index is 13.3. The van der Waals surface area contributed by atoms with Crippen molar-refractivity contribution in [1.82, 2.24) is 5.43 Å². The Balaban J connectivity index is 2.82. The summed E-state index contributed by atoms with van der Waals surface area (Å²) in [4.78, 5) is 3.88. The number of nitrogens with two attached hydrogens (primary N) is 1. The summed E-state index contributed by atoms with van der Waals surface area (Å²) in [5, 5.41) is 2.40. The van der Waals surface area contributed by atoms with Crippen molar-refractivity contribution >= 4 is 11.6 Å². The lowest BCUT2D eigenvalue weighted by molar-refractivity contribution is 0.208. The van der Waals surface area contributed by atoms with Gasteiger partial charge in [-0.3, -0.25) is 5.43 Å². The summed E-state index contributed by atoms with van der Waals surface area (Å²) in [5.74, 6) is 0.986. The summed E-state index contributed by atoms with van der Waals surface area (Å²) in [7, 11) is 1.49. The van der Waals surface area contributed by atoms with E-state index in [0.29, 0.717) is 6.61 Å². The highest BCUT2D eigenvalue weighted by atomic mass is 19.2. The van der Waals surface area contributed by atoms with Gasteiger partial charge in [-0.1, -0.05) is 0 Å². The summed E-state index contributed by atoms with van der Waals surface area (Å²) in [6, 6.07) is 1.83. The normalized spacial score (nSPS) is 11.5. The van der Waals surface area contributed by atoms with Crippen LogP contribution >= 0.6 is 0 Å². The number of guanidine groups is 1. The Labute approximate surface area is 102 Å². The topological polar surface area (TPSA) is 71.7 Å². The second-order valence-electron chi connectivity index (χ2n) is 3.22. The van der Waals surface area contributed by atoms with Gasteiger partial charge in [-0.15, -0.1) is 0 Å². The molecule has 0 bridgehead atoms. The van der Waals surface area contributed by atoms with Crippen LogP contribution in [-0.2, 0) is 4.74 Å². The molecule has 0 amide bonds. The van der Waals surface area contributed by atoms with E-state index in [1.807, 2.05) is 0 Å². The molecule has 0 unspecified atom stereocenters. The first-order chi connectivity index (χ1) is 8.60. The van der Waals surface area contributed by atoms with Gasteiger partial charge in [-0.2, -0.15) is 0 Å². The fraction of sp³-hybridized carbons (Fsp3) is 0.300. The van der Waals surface area contributed by atoms with Crippen LogP contribution in [-0.4, -0.2) is 26.2 Å². The van der Waals surface area contributed by atoms with E-state index in [9.17, 15) is 13.2 Å². The molecule has 1 rings (SSSR count). The van der Waals surface area contributed by atoms with Crippen LogP contribution in [0, 0.1) is 17.5 Å². The molecule has 0 spiro atoms. The summed E-state index contributed by atoms with van der Waals surface area (Å²) in [6.45, 7) is 0.613. The van der Waals surface area contributed by atoms with Gasteiger partial charge in [0.25, 0.3) is 0 Å². The third-order valence-electron chi connectivity index (χ3n) is 1.99. The molecule has 0 saturated heterocycles. The number of anilines is 1. The maximum Gasteiger partial charge on any atom is 0.210 e. The molecule has 8 heteroatoms. The number of halogens is 3. The van der Waals surface area contributed by atoms with E-state index in [1.165, 1.54) is 7.11 Å². The largest absolute Gasteiger partial charge is 0.383 e. The standard InChI is InChI=1S/C10H13F3N4O/c1-18-5-4-15-10(17-14)16-7-3-2-6(11)8(12)9(7)13/h2-3H,4-5,14H2,1H3,(H2,15,16,17). The number of ether oxygens (including phenoxy) is 1. The molecule has 0 aliphatic carbocycles. The zero-order chi connectivity index (χ0) is 13.5. The highest BCUT2D eigenvalue weighted by molar-refractivity contribution is 5.93. The quantitative estimate of drug-likeness (QED) is 0.189. The predicted molar refractivity (Wildman–Crippen MR) is 61.4 cm³/mol. The number of aliphatic imine (C=N–C) groups is 1. The van der Waals surface area contributed by atoms with Crippen LogP contribution in [0.1, 0.15) is 0 Å². The van der Waals surface area contributed by atoms with Crippen molar-refractivity contribution in [3.63, 3.8) is 0 Å². The van der Waals surface area contributed by atoms with Crippen LogP contribution in [0.2, 0.25) is 0 Å². The molecule has 100 valence electrons. The smallest absolute Gasteiger partial charge is 0.210 e. The maximum absolute atomic E-state index is 13.3. The van der Waals surface area contributed by atoms with Crippen molar-refractivity contribution in [2.45, 2.75) is 0 Å². The molecule has 4 N–H and O–H groups in total. The average Bonchev–Trinajstić information content (AvgIpc) is 2.38. The zero-order valence-corrected chi connectivity index (χ0v) is 9.64. The third-order valence-corrected chi connectivity index (χ3v) is 1.99. The molecule has 0 fully saturated rings. The van der Waals surface area contributed by atoms with Gasteiger partial charge in [0, 0.05) is 7.11 Å². The fourth-order valence-corrected chi connectivity index (χ4v) is 1.12. The molecule has 1 aromatic rings. The number of hydrogen-bond acceptors (Lipinski definition) is 3. The average molecular weight is 262 g/mol. The van der Waals surface area contributed by atoms with Gasteiger partial charge in [0.1, 0.15) is 0 Å². The Hall–Kier alpha value is -1.80. The van der Waals surface area contributed by atoms with Gasteiger partial charge in [0.2, 0.25) is 5.96 Å². The van der Waals surface area contributed by atoms with Crippen molar-refractivity contribution in [3.05, 3.63) is 29.6 Å². The van der Waals surface area contributed by atoms with Gasteiger partial charge in [0.15, 0.2) is 17.5 Å². The summed E-state index contributed by atoms with van der Waals surface area (Å²) >= 11 is 0. The molecular weight excluding hydrogens is 249 g/mol. The lowest BCUT2D eigenvalue weighted by Crippen LogP contribution is -2.37. The molecule has 0 aliphatic heterocycles. The summed E-state index contributed by atoms with van der Waals surface area (Å²) in [6.07, 6.45) is 0. The lowest BCUT2D eigenvalue weighted by Gasteiger charge is -2.10. The molecule has 0 radical (unpaired) electrons. The minimum Gasteiger partial charge on any atom is -0.383 e. The van der Waals surface area contributed by atoms with E-state index in [1.54, 1.807) is 0 Å². The Bertz CT molecular complexity index is 439. The fourth-order valence-electron chi connectivity index (χ4n) is 1.12. The Morgan fingerprint density at radius 1 is 1.33 bits per heavy atom. The number of nitrogens with one attached hydrogen (secondary N) is 2. The van der Waals surface area contributed by atoms with Crippen LogP contribution in [0.25, 0.3) is 0 Å². The highest BCUT2D eigenvalue weighted by Gasteiger charge is 2.14. The van der Waals surface area contributed by atoms with Crippen molar-refractivity contribution in [1.29, 1.82) is 0 Å². The first kappa shape index (κ1) is 14.3. The van der Waals surface area contributed by atoms with Crippen LogP contribution in [0.15, 0.2) is 17.1 Å². The first-order valence-corrected chi connectivity index (χ1v) is 5.00. The Morgan fingerprint density at radius 3 is 2.67 bits per heavy atom. The molecule has 1 aromatic carbocycles. The molecule has 0 aromatic heterocycles. The van der Waals surface area contributed by atoms with Gasteiger partial charge in [-0.25, -0.2) is 24.0 Å². The molecular formula is C10H13F3N4O. The number of nitrogens with zero attached hydrogens (tertiary/aromatic N) is 1. The molecule has 5 nitrogen and oxygen atoms in total. The molecule has 0 aliphatic rings. The van der Waals surface area contributed by atoms with Crippen LogP contribution in [0.4, 0.5) is 18.9 Å². The Morgan fingerprint density at radius 2 is 2.06 bits per heavy atom. The van der Waals surface area contributed by atoms with E-state index in [-0.39, 0.29) is 18.2 Å². The second-order valence-corrected chi connectivity index (χ2v) is 3.22. The minimum absolute atomic E-state index is 0.0111. The highest BCUT2D eigenvalue weighted by Crippen LogP contribution is 2.19. The van der Waals surface area contributed by atoms with E-state index >= 15 is 0 Å². The lowest BCUT2D eigenvalue weighted by atomic mass is 10.3. The first-order valence-electron chi connectivity index (χ1n) is 5.00. The summed E-state index contributed by atoms with van der Waals surface area (Å²) < 4.78 is 43.7. The van der Waals surface area contributed by atoms with E-state index in [0.717, 1.165) is 12.1 Å². The van der Waals surface area contributed by atoms with E-state index in [2.05, 4.69) is 15.7 Å². The van der Waals surface area contributed by atoms with E-state index in [4.69, 9.17) is 10.6 Å². The van der Waals surface area contributed by atoms with Gasteiger partial charge < -0.3 is 10.1 Å². The van der Waals surface area contributed by atoms with E-state index < -0.39 is 17.5 Å². The zero-order valence-electron chi connectivity index (χ0n) is 9.64. The number of hydrogen-bond donors (Lipinski definition) is 3. The van der Waals surface area contributed by atoms with Crippen molar-refractivity contribution in [3.8, 4) is 0 Å². The second kappa shape index (κ2) is 6.82. The number of methoxy groups -OCH3 is 1. The molecule has 18 heavy (non-hydrogen) atoms. The molecule has 0 atom stereocenters. The number of hydrazine groups is 1. The third kappa shape index (κ3) is 3.60. The van der Waals surface area contributed by atoms with Crippen LogP contribution in [0.5, 0.6) is 0 Å². The SMILES string of the molecule is COCCN=C(NN)Nc1ccc(F)c(F)c1F. The minimum atomic E-state index is -1.56. The van der Waals surface area contributed by atoms with Gasteiger partial charge >= 0.3 is 0 Å². The van der Waals surface area contributed by atoms with Crippen molar-refractivity contribution < 1.29 is 17.9 Å². The number of rotatable bonds is 4. The predicted octanol–water partition coefficient (Wildman–Crippen LogP) is 0.981. The van der Waals surface area contributed by atoms with Gasteiger partial charge in [0.05, 0.1) is 18.8 Å². The number of benzene rings is 1. The van der Waals surface area contributed by atoms with Crippen LogP contribution < -0.4 is 16.6 Å². The van der Waals surface area contributed by atoms with Crippen molar-refractivity contribution in [2.24, 2.45) is 10.8 Å². The van der Waals surface area contributed by atoms with Crippen LogP contribution in [0.3, 0.4) is 0 Å².